The molecule has 0 aliphatic heterocycles. The standard InChI is InChI=1S/C18H19N3O4S/c1-12(2)16-17(19-15-6-4-5-11-21(15)16)20-26(23,24)14-9-7-13(8-10-14)18(22)25-3/h4-12,20H,1-3H3. The van der Waals surface area contributed by atoms with Crippen LogP contribution in [0, 0.1) is 0 Å². The van der Waals surface area contributed by atoms with Crippen LogP contribution in [0.1, 0.15) is 35.8 Å². The minimum absolute atomic E-state index is 0.0388. The van der Waals surface area contributed by atoms with Crippen LogP contribution < -0.4 is 4.72 Å². The minimum atomic E-state index is -3.84. The van der Waals surface area contributed by atoms with Crippen LogP contribution in [0.4, 0.5) is 5.82 Å². The number of imidazole rings is 1. The lowest BCUT2D eigenvalue weighted by molar-refractivity contribution is 0.0600. The number of fused-ring (bicyclic) bond motifs is 1. The number of pyridine rings is 1. The van der Waals surface area contributed by atoms with Crippen LogP contribution in [-0.4, -0.2) is 30.9 Å². The third-order valence-corrected chi connectivity index (χ3v) is 5.29. The third-order valence-electron chi connectivity index (χ3n) is 3.93. The van der Waals surface area contributed by atoms with Crippen LogP contribution in [0.25, 0.3) is 5.65 Å². The molecule has 0 radical (unpaired) electrons. The first-order valence-corrected chi connectivity index (χ1v) is 9.50. The summed E-state index contributed by atoms with van der Waals surface area (Å²) in [5.41, 5.74) is 1.72. The van der Waals surface area contributed by atoms with E-state index in [1.165, 1.54) is 31.4 Å². The minimum Gasteiger partial charge on any atom is -0.465 e. The van der Waals surface area contributed by atoms with Crippen LogP contribution >= 0.6 is 0 Å². The summed E-state index contributed by atoms with van der Waals surface area (Å²) in [6, 6.07) is 11.1. The molecule has 1 N–H and O–H groups in total. The maximum Gasteiger partial charge on any atom is 0.337 e. The Morgan fingerprint density at radius 1 is 1.15 bits per heavy atom. The number of aromatic nitrogens is 2. The van der Waals surface area contributed by atoms with Crippen molar-refractivity contribution in [3.05, 3.63) is 59.9 Å². The van der Waals surface area contributed by atoms with Gasteiger partial charge in [0.05, 0.1) is 23.3 Å². The summed E-state index contributed by atoms with van der Waals surface area (Å²) in [6.07, 6.45) is 1.85. The highest BCUT2D eigenvalue weighted by Crippen LogP contribution is 2.27. The second kappa shape index (κ2) is 6.80. The second-order valence-corrected chi connectivity index (χ2v) is 7.73. The van der Waals surface area contributed by atoms with E-state index >= 15 is 0 Å². The summed E-state index contributed by atoms with van der Waals surface area (Å²) in [4.78, 5) is 15.9. The number of nitrogens with zero attached hydrogens (tertiary/aromatic N) is 2. The first-order valence-electron chi connectivity index (χ1n) is 8.01. The maximum absolute atomic E-state index is 12.7. The summed E-state index contributed by atoms with van der Waals surface area (Å²) in [7, 11) is -2.57. The van der Waals surface area contributed by atoms with Gasteiger partial charge in [-0.15, -0.1) is 0 Å². The number of benzene rings is 1. The fourth-order valence-electron chi connectivity index (χ4n) is 2.72. The van der Waals surface area contributed by atoms with Crippen LogP contribution in [0.15, 0.2) is 53.6 Å². The molecule has 0 aliphatic carbocycles. The Kier molecular flexibility index (Phi) is 4.69. The topological polar surface area (TPSA) is 89.8 Å². The predicted octanol–water partition coefficient (Wildman–Crippen LogP) is 3.05. The van der Waals surface area contributed by atoms with E-state index in [2.05, 4.69) is 14.4 Å². The zero-order chi connectivity index (χ0) is 18.9. The molecule has 0 amide bonds. The van der Waals surface area contributed by atoms with Gasteiger partial charge in [-0.1, -0.05) is 19.9 Å². The Morgan fingerprint density at radius 2 is 1.85 bits per heavy atom. The molecule has 2 heterocycles. The summed E-state index contributed by atoms with van der Waals surface area (Å²) in [6.45, 7) is 3.94. The van der Waals surface area contributed by atoms with Crippen molar-refractivity contribution in [1.29, 1.82) is 0 Å². The van der Waals surface area contributed by atoms with Crippen molar-refractivity contribution in [3.63, 3.8) is 0 Å². The van der Waals surface area contributed by atoms with Gasteiger partial charge in [-0.25, -0.2) is 18.2 Å². The molecule has 0 atom stereocenters. The predicted molar refractivity (Wildman–Crippen MR) is 97.9 cm³/mol. The number of methoxy groups -OCH3 is 1. The van der Waals surface area contributed by atoms with E-state index in [1.54, 1.807) is 0 Å². The van der Waals surface area contributed by atoms with Gasteiger partial charge in [-0.3, -0.25) is 4.72 Å². The van der Waals surface area contributed by atoms with Gasteiger partial charge in [-0.05, 0) is 42.3 Å². The molecule has 8 heteroatoms. The van der Waals surface area contributed by atoms with Crippen LogP contribution in [0.3, 0.4) is 0 Å². The number of hydrogen-bond acceptors (Lipinski definition) is 5. The van der Waals surface area contributed by atoms with Crippen molar-refractivity contribution in [3.8, 4) is 0 Å². The summed E-state index contributed by atoms with van der Waals surface area (Å²) in [5, 5.41) is 0. The van der Waals surface area contributed by atoms with Gasteiger partial charge in [0.25, 0.3) is 10.0 Å². The van der Waals surface area contributed by atoms with E-state index < -0.39 is 16.0 Å². The van der Waals surface area contributed by atoms with E-state index in [4.69, 9.17) is 0 Å². The molecule has 0 spiro atoms. The smallest absolute Gasteiger partial charge is 0.337 e. The lowest BCUT2D eigenvalue weighted by atomic mass is 10.1. The summed E-state index contributed by atoms with van der Waals surface area (Å²) in [5.74, 6) is -0.167. The first kappa shape index (κ1) is 17.9. The normalized spacial score (nSPS) is 11.7. The molecule has 0 bridgehead atoms. The quantitative estimate of drug-likeness (QED) is 0.694. The van der Waals surface area contributed by atoms with Gasteiger partial charge >= 0.3 is 5.97 Å². The number of esters is 1. The number of ether oxygens (including phenoxy) is 1. The molecule has 0 unspecified atom stereocenters. The Morgan fingerprint density at radius 3 is 2.46 bits per heavy atom. The van der Waals surface area contributed by atoms with Crippen LogP contribution in [0.2, 0.25) is 0 Å². The highest BCUT2D eigenvalue weighted by atomic mass is 32.2. The van der Waals surface area contributed by atoms with Gasteiger partial charge in [0.1, 0.15) is 5.65 Å². The van der Waals surface area contributed by atoms with E-state index in [9.17, 15) is 13.2 Å². The third kappa shape index (κ3) is 3.28. The number of sulfonamides is 1. The van der Waals surface area contributed by atoms with Crippen LogP contribution in [-0.2, 0) is 14.8 Å². The molecular weight excluding hydrogens is 354 g/mol. The number of hydrogen-bond donors (Lipinski definition) is 1. The number of nitrogens with one attached hydrogen (secondary N) is 1. The highest BCUT2D eigenvalue weighted by Gasteiger charge is 2.22. The van der Waals surface area contributed by atoms with Crippen molar-refractivity contribution >= 4 is 27.5 Å². The average Bonchev–Trinajstić information content (AvgIpc) is 2.98. The molecule has 136 valence electrons. The van der Waals surface area contributed by atoms with Crippen molar-refractivity contribution in [2.75, 3.05) is 11.8 Å². The van der Waals surface area contributed by atoms with Crippen molar-refractivity contribution in [2.45, 2.75) is 24.7 Å². The van der Waals surface area contributed by atoms with E-state index in [-0.39, 0.29) is 16.4 Å². The van der Waals surface area contributed by atoms with Gasteiger partial charge < -0.3 is 9.14 Å². The molecule has 1 aromatic carbocycles. The molecule has 0 aliphatic rings. The number of rotatable bonds is 5. The number of carbonyl (C=O) groups is 1. The van der Waals surface area contributed by atoms with Gasteiger partial charge in [0.2, 0.25) is 0 Å². The highest BCUT2D eigenvalue weighted by molar-refractivity contribution is 7.92. The molecule has 2 aromatic heterocycles. The zero-order valence-electron chi connectivity index (χ0n) is 14.6. The van der Waals surface area contributed by atoms with E-state index in [0.29, 0.717) is 11.5 Å². The monoisotopic (exact) mass is 373 g/mol. The average molecular weight is 373 g/mol. The Labute approximate surface area is 151 Å². The Balaban J connectivity index is 1.98. The SMILES string of the molecule is COC(=O)c1ccc(S(=O)(=O)Nc2nc3ccccn3c2C(C)C)cc1. The van der Waals surface area contributed by atoms with Crippen molar-refractivity contribution in [1.82, 2.24) is 9.38 Å². The molecule has 0 saturated carbocycles. The van der Waals surface area contributed by atoms with Crippen molar-refractivity contribution in [2.24, 2.45) is 0 Å². The fraction of sp³-hybridized carbons (Fsp3) is 0.222. The largest absolute Gasteiger partial charge is 0.465 e. The molecule has 3 rings (SSSR count). The van der Waals surface area contributed by atoms with Gasteiger partial charge in [-0.2, -0.15) is 0 Å². The molecule has 0 fully saturated rings. The maximum atomic E-state index is 12.7. The zero-order valence-corrected chi connectivity index (χ0v) is 15.4. The fourth-order valence-corrected chi connectivity index (χ4v) is 3.73. The van der Waals surface area contributed by atoms with E-state index in [0.717, 1.165) is 5.69 Å². The second-order valence-electron chi connectivity index (χ2n) is 6.05. The molecule has 3 aromatic rings. The summed E-state index contributed by atoms with van der Waals surface area (Å²) >= 11 is 0. The lowest BCUT2D eigenvalue weighted by Gasteiger charge is -2.11. The lowest BCUT2D eigenvalue weighted by Crippen LogP contribution is -2.15. The van der Waals surface area contributed by atoms with Crippen molar-refractivity contribution < 1.29 is 17.9 Å². The number of anilines is 1. The van der Waals surface area contributed by atoms with E-state index in [1.807, 2.05) is 42.6 Å². The Hall–Kier alpha value is -2.87. The van der Waals surface area contributed by atoms with Gasteiger partial charge in [0, 0.05) is 6.20 Å². The first-order chi connectivity index (χ1) is 12.3. The molecule has 26 heavy (non-hydrogen) atoms. The number of carbonyl (C=O) groups excluding carboxylic acids is 1. The van der Waals surface area contributed by atoms with Gasteiger partial charge in [0.15, 0.2) is 5.82 Å². The molecular formula is C18H19N3O4S. The van der Waals surface area contributed by atoms with Crippen LogP contribution in [0.5, 0.6) is 0 Å². The Bertz CT molecular complexity index is 1050. The summed E-state index contributed by atoms with van der Waals surface area (Å²) < 4.78 is 34.5. The molecule has 0 saturated heterocycles. The molecule has 7 nitrogen and oxygen atoms in total.